The van der Waals surface area contributed by atoms with Gasteiger partial charge in [-0.25, -0.2) is 4.39 Å². The van der Waals surface area contributed by atoms with Crippen LogP contribution in [-0.4, -0.2) is 17.5 Å². The first-order valence-corrected chi connectivity index (χ1v) is 5.38. The highest BCUT2D eigenvalue weighted by Gasteiger charge is 2.12. The molecule has 88 valence electrons. The van der Waals surface area contributed by atoms with Crippen LogP contribution in [0.4, 0.5) is 4.39 Å². The van der Waals surface area contributed by atoms with Gasteiger partial charge in [-0.2, -0.15) is 10.5 Å². The summed E-state index contributed by atoms with van der Waals surface area (Å²) in [5.74, 6) is -0.361. The zero-order valence-corrected chi connectivity index (χ0v) is 9.94. The first kappa shape index (κ1) is 13.2. The molecule has 0 radical (unpaired) electrons. The lowest BCUT2D eigenvalue weighted by molar-refractivity contribution is 0.239. The molecule has 0 aromatic heterocycles. The van der Waals surface area contributed by atoms with Gasteiger partial charge in [-0.3, -0.25) is 4.90 Å². The van der Waals surface area contributed by atoms with E-state index in [-0.39, 0.29) is 18.4 Å². The van der Waals surface area contributed by atoms with Crippen LogP contribution in [0.3, 0.4) is 0 Å². The van der Waals surface area contributed by atoms with Gasteiger partial charge >= 0.3 is 0 Å². The standard InChI is InChI=1S/C13H14FN3/c1-10(2)17(6-5-15)9-12-7-13(14)4-3-11(12)8-16/h3-4,7,10H,6,9H2,1-2H3. The number of halogens is 1. The molecular weight excluding hydrogens is 217 g/mol. The van der Waals surface area contributed by atoms with Crippen molar-refractivity contribution >= 4 is 0 Å². The summed E-state index contributed by atoms with van der Waals surface area (Å²) in [5.41, 5.74) is 1.08. The highest BCUT2D eigenvalue weighted by atomic mass is 19.1. The van der Waals surface area contributed by atoms with Crippen molar-refractivity contribution in [2.24, 2.45) is 0 Å². The number of hydrogen-bond acceptors (Lipinski definition) is 3. The average molecular weight is 231 g/mol. The number of rotatable bonds is 4. The van der Waals surface area contributed by atoms with Crippen molar-refractivity contribution < 1.29 is 4.39 Å². The minimum absolute atomic E-state index is 0.171. The molecule has 0 unspecified atom stereocenters. The van der Waals surface area contributed by atoms with E-state index >= 15 is 0 Å². The van der Waals surface area contributed by atoms with E-state index in [1.165, 1.54) is 18.2 Å². The predicted octanol–water partition coefficient (Wildman–Crippen LogP) is 2.43. The second-order valence-corrected chi connectivity index (χ2v) is 4.07. The molecule has 0 heterocycles. The molecule has 17 heavy (non-hydrogen) atoms. The van der Waals surface area contributed by atoms with Gasteiger partial charge in [0.25, 0.3) is 0 Å². The summed E-state index contributed by atoms with van der Waals surface area (Å²) >= 11 is 0. The molecule has 0 atom stereocenters. The normalized spacial score (nSPS) is 10.3. The molecule has 0 spiro atoms. The molecule has 0 saturated carbocycles. The van der Waals surface area contributed by atoms with Crippen molar-refractivity contribution in [2.75, 3.05) is 6.54 Å². The van der Waals surface area contributed by atoms with Crippen LogP contribution in [0.2, 0.25) is 0 Å². The molecule has 4 heteroatoms. The molecular formula is C13H14FN3. The SMILES string of the molecule is CC(C)N(CC#N)Cc1cc(F)ccc1C#N. The number of benzene rings is 1. The minimum Gasteiger partial charge on any atom is -0.284 e. The van der Waals surface area contributed by atoms with Gasteiger partial charge in [0.05, 0.1) is 24.2 Å². The Morgan fingerprint density at radius 1 is 1.35 bits per heavy atom. The van der Waals surface area contributed by atoms with Crippen LogP contribution >= 0.6 is 0 Å². The predicted molar refractivity (Wildman–Crippen MR) is 62.3 cm³/mol. The van der Waals surface area contributed by atoms with Gasteiger partial charge in [-0.15, -0.1) is 0 Å². The zero-order chi connectivity index (χ0) is 12.8. The average Bonchev–Trinajstić information content (AvgIpc) is 2.28. The second kappa shape index (κ2) is 5.98. The summed E-state index contributed by atoms with van der Waals surface area (Å²) < 4.78 is 13.1. The Morgan fingerprint density at radius 3 is 2.59 bits per heavy atom. The Morgan fingerprint density at radius 2 is 2.06 bits per heavy atom. The van der Waals surface area contributed by atoms with Crippen LogP contribution in [-0.2, 0) is 6.54 Å². The summed E-state index contributed by atoms with van der Waals surface area (Å²) in [6, 6.07) is 8.36. The molecule has 0 N–H and O–H groups in total. The maximum atomic E-state index is 13.1. The Bertz CT molecular complexity index is 469. The van der Waals surface area contributed by atoms with Gasteiger partial charge in [0, 0.05) is 12.6 Å². The highest BCUT2D eigenvalue weighted by molar-refractivity contribution is 5.37. The second-order valence-electron chi connectivity index (χ2n) is 4.07. The maximum Gasteiger partial charge on any atom is 0.123 e. The summed E-state index contributed by atoms with van der Waals surface area (Å²) in [4.78, 5) is 1.88. The molecule has 1 rings (SSSR count). The van der Waals surface area contributed by atoms with Crippen LogP contribution < -0.4 is 0 Å². The number of hydrogen-bond donors (Lipinski definition) is 0. The topological polar surface area (TPSA) is 50.8 Å². The molecule has 0 aliphatic heterocycles. The Labute approximate surface area is 101 Å². The molecule has 0 fully saturated rings. The van der Waals surface area contributed by atoms with Gasteiger partial charge in [0.1, 0.15) is 5.82 Å². The van der Waals surface area contributed by atoms with Crippen molar-refractivity contribution in [3.63, 3.8) is 0 Å². The lowest BCUT2D eigenvalue weighted by Gasteiger charge is -2.23. The van der Waals surface area contributed by atoms with Crippen LogP contribution in [0, 0.1) is 28.5 Å². The van der Waals surface area contributed by atoms with E-state index in [2.05, 4.69) is 6.07 Å². The van der Waals surface area contributed by atoms with E-state index < -0.39 is 0 Å². The van der Waals surface area contributed by atoms with Crippen molar-refractivity contribution in [1.82, 2.24) is 4.90 Å². The molecule has 3 nitrogen and oxygen atoms in total. The van der Waals surface area contributed by atoms with Gasteiger partial charge in [-0.1, -0.05) is 0 Å². The fraction of sp³-hybridized carbons (Fsp3) is 0.385. The Hall–Kier alpha value is -1.91. The van der Waals surface area contributed by atoms with Crippen LogP contribution in [0.15, 0.2) is 18.2 Å². The molecule has 0 aliphatic rings. The van der Waals surface area contributed by atoms with Crippen molar-refractivity contribution in [2.45, 2.75) is 26.4 Å². The Kier molecular flexibility index (Phi) is 4.63. The van der Waals surface area contributed by atoms with Crippen LogP contribution in [0.5, 0.6) is 0 Å². The largest absolute Gasteiger partial charge is 0.284 e. The third-order valence-electron chi connectivity index (χ3n) is 2.57. The molecule has 0 amide bonds. The third kappa shape index (κ3) is 3.55. The fourth-order valence-electron chi connectivity index (χ4n) is 1.53. The van der Waals surface area contributed by atoms with E-state index in [9.17, 15) is 4.39 Å². The summed E-state index contributed by atoms with van der Waals surface area (Å²) in [6.07, 6.45) is 0. The summed E-state index contributed by atoms with van der Waals surface area (Å²) in [7, 11) is 0. The number of nitriles is 2. The van der Waals surface area contributed by atoms with Gasteiger partial charge in [0.15, 0.2) is 0 Å². The summed E-state index contributed by atoms with van der Waals surface area (Å²) in [5, 5.41) is 17.6. The van der Waals surface area contributed by atoms with E-state index in [1.807, 2.05) is 24.8 Å². The monoisotopic (exact) mass is 231 g/mol. The van der Waals surface area contributed by atoms with Gasteiger partial charge < -0.3 is 0 Å². The van der Waals surface area contributed by atoms with Crippen LogP contribution in [0.25, 0.3) is 0 Å². The lowest BCUT2D eigenvalue weighted by atomic mass is 10.1. The van der Waals surface area contributed by atoms with Gasteiger partial charge in [-0.05, 0) is 37.6 Å². The van der Waals surface area contributed by atoms with E-state index in [0.717, 1.165) is 0 Å². The van der Waals surface area contributed by atoms with Crippen molar-refractivity contribution in [3.8, 4) is 12.1 Å². The molecule has 1 aromatic rings. The van der Waals surface area contributed by atoms with E-state index in [0.29, 0.717) is 17.7 Å². The van der Waals surface area contributed by atoms with Crippen molar-refractivity contribution in [3.05, 3.63) is 35.1 Å². The van der Waals surface area contributed by atoms with Gasteiger partial charge in [0.2, 0.25) is 0 Å². The van der Waals surface area contributed by atoms with E-state index in [4.69, 9.17) is 10.5 Å². The first-order valence-electron chi connectivity index (χ1n) is 5.38. The first-order chi connectivity index (χ1) is 8.08. The summed E-state index contributed by atoms with van der Waals surface area (Å²) in [6.45, 7) is 4.59. The van der Waals surface area contributed by atoms with E-state index in [1.54, 1.807) is 0 Å². The highest BCUT2D eigenvalue weighted by Crippen LogP contribution is 2.14. The molecule has 0 saturated heterocycles. The Balaban J connectivity index is 2.97. The fourth-order valence-corrected chi connectivity index (χ4v) is 1.53. The van der Waals surface area contributed by atoms with Crippen LogP contribution in [0.1, 0.15) is 25.0 Å². The maximum absolute atomic E-state index is 13.1. The molecule has 0 bridgehead atoms. The minimum atomic E-state index is -0.361. The molecule has 0 aliphatic carbocycles. The smallest absolute Gasteiger partial charge is 0.123 e. The third-order valence-corrected chi connectivity index (χ3v) is 2.57. The zero-order valence-electron chi connectivity index (χ0n) is 9.94. The number of nitrogens with zero attached hydrogens (tertiary/aromatic N) is 3. The quantitative estimate of drug-likeness (QED) is 0.748. The van der Waals surface area contributed by atoms with Crippen molar-refractivity contribution in [1.29, 1.82) is 10.5 Å². The lowest BCUT2D eigenvalue weighted by Crippen LogP contribution is -2.31. The molecule has 1 aromatic carbocycles.